The second kappa shape index (κ2) is 3.48. The molecule has 0 saturated carbocycles. The van der Waals surface area contributed by atoms with Crippen molar-refractivity contribution in [3.8, 4) is 0 Å². The predicted molar refractivity (Wildman–Crippen MR) is 39.1 cm³/mol. The lowest BCUT2D eigenvalue weighted by molar-refractivity contribution is 0.0558. The van der Waals surface area contributed by atoms with Crippen LogP contribution >= 0.6 is 0 Å². The second-order valence-corrected chi connectivity index (χ2v) is 2.26. The van der Waals surface area contributed by atoms with E-state index in [0.29, 0.717) is 18.4 Å². The number of aromatic nitrogens is 2. The van der Waals surface area contributed by atoms with Gasteiger partial charge in [-0.1, -0.05) is 0 Å². The monoisotopic (exact) mass is 156 g/mol. The normalized spacial score (nSPS) is 13.4. The van der Waals surface area contributed by atoms with E-state index in [1.807, 2.05) is 13.8 Å². The summed E-state index contributed by atoms with van der Waals surface area (Å²) >= 11 is 0. The zero-order valence-corrected chi connectivity index (χ0v) is 7.00. The van der Waals surface area contributed by atoms with Crippen LogP contribution in [0, 0.1) is 6.92 Å². The second-order valence-electron chi connectivity index (χ2n) is 2.26. The summed E-state index contributed by atoms with van der Waals surface area (Å²) in [5, 5.41) is 7.52. The van der Waals surface area contributed by atoms with E-state index in [1.165, 1.54) is 0 Å². The molecule has 0 saturated heterocycles. The van der Waals surface area contributed by atoms with E-state index in [0.717, 1.165) is 0 Å². The van der Waals surface area contributed by atoms with E-state index >= 15 is 0 Å². The summed E-state index contributed by atoms with van der Waals surface area (Å²) in [4.78, 5) is 0. The Labute approximate surface area is 65.6 Å². The molecular weight excluding hydrogens is 144 g/mol. The van der Waals surface area contributed by atoms with Gasteiger partial charge in [-0.05, 0) is 13.8 Å². The van der Waals surface area contributed by atoms with Crippen LogP contribution in [0.25, 0.3) is 0 Å². The third kappa shape index (κ3) is 2.01. The average molecular weight is 156 g/mol. The van der Waals surface area contributed by atoms with Gasteiger partial charge in [0.15, 0.2) is 0 Å². The summed E-state index contributed by atoms with van der Waals surface area (Å²) in [7, 11) is 0. The molecular formula is C7H12N2O2. The van der Waals surface area contributed by atoms with Gasteiger partial charge in [0.1, 0.15) is 6.10 Å². The van der Waals surface area contributed by atoms with Gasteiger partial charge >= 0.3 is 0 Å². The first-order chi connectivity index (χ1) is 5.24. The smallest absolute Gasteiger partial charge is 0.244 e. The van der Waals surface area contributed by atoms with Gasteiger partial charge in [-0.3, -0.25) is 0 Å². The quantitative estimate of drug-likeness (QED) is 0.665. The molecule has 0 amide bonds. The maximum atomic E-state index is 5.24. The van der Waals surface area contributed by atoms with Gasteiger partial charge < -0.3 is 9.15 Å². The highest BCUT2D eigenvalue weighted by Crippen LogP contribution is 2.13. The molecule has 1 unspecified atom stereocenters. The van der Waals surface area contributed by atoms with Crippen molar-refractivity contribution in [2.24, 2.45) is 0 Å². The topological polar surface area (TPSA) is 48.2 Å². The molecule has 0 N–H and O–H groups in total. The molecule has 0 radical (unpaired) electrons. The minimum absolute atomic E-state index is 0.0961. The van der Waals surface area contributed by atoms with E-state index in [1.54, 1.807) is 6.92 Å². The Kier molecular flexibility index (Phi) is 2.59. The van der Waals surface area contributed by atoms with Crippen molar-refractivity contribution in [3.05, 3.63) is 11.8 Å². The fraction of sp³-hybridized carbons (Fsp3) is 0.714. The summed E-state index contributed by atoms with van der Waals surface area (Å²) in [5.41, 5.74) is 0. The highest BCUT2D eigenvalue weighted by atomic mass is 16.5. The summed E-state index contributed by atoms with van der Waals surface area (Å²) in [6.45, 7) is 6.23. The Morgan fingerprint density at radius 2 is 2.27 bits per heavy atom. The molecule has 1 rings (SSSR count). The molecule has 1 aromatic heterocycles. The SMILES string of the molecule is CCOC(C)c1nnc(C)o1. The lowest BCUT2D eigenvalue weighted by atomic mass is 10.4. The molecule has 4 nitrogen and oxygen atoms in total. The van der Waals surface area contributed by atoms with E-state index < -0.39 is 0 Å². The molecule has 0 aromatic carbocycles. The molecule has 1 heterocycles. The molecule has 4 heteroatoms. The van der Waals surface area contributed by atoms with Crippen molar-refractivity contribution in [2.75, 3.05) is 6.61 Å². The molecule has 0 fully saturated rings. The Hall–Kier alpha value is -0.900. The average Bonchev–Trinajstić information content (AvgIpc) is 2.36. The van der Waals surface area contributed by atoms with Gasteiger partial charge in [-0.2, -0.15) is 0 Å². The summed E-state index contributed by atoms with van der Waals surface area (Å²) in [6.07, 6.45) is -0.0961. The molecule has 0 aliphatic heterocycles. The lowest BCUT2D eigenvalue weighted by Gasteiger charge is -2.04. The van der Waals surface area contributed by atoms with Crippen molar-refractivity contribution < 1.29 is 9.15 Å². The van der Waals surface area contributed by atoms with Gasteiger partial charge in [0.05, 0.1) is 0 Å². The number of hydrogen-bond donors (Lipinski definition) is 0. The first-order valence-electron chi connectivity index (χ1n) is 3.65. The summed E-state index contributed by atoms with van der Waals surface area (Å²) < 4.78 is 10.4. The van der Waals surface area contributed by atoms with Crippen LogP contribution in [0.15, 0.2) is 4.42 Å². The maximum Gasteiger partial charge on any atom is 0.244 e. The molecule has 0 aliphatic rings. The molecule has 11 heavy (non-hydrogen) atoms. The molecule has 62 valence electrons. The van der Waals surface area contributed by atoms with Crippen LogP contribution < -0.4 is 0 Å². The Bertz CT molecular complexity index is 222. The van der Waals surface area contributed by atoms with Gasteiger partial charge in [-0.25, -0.2) is 0 Å². The van der Waals surface area contributed by atoms with Crippen molar-refractivity contribution in [1.82, 2.24) is 10.2 Å². The number of nitrogens with zero attached hydrogens (tertiary/aromatic N) is 2. The molecule has 0 spiro atoms. The molecule has 1 aromatic rings. The Balaban J connectivity index is 2.60. The van der Waals surface area contributed by atoms with Crippen LogP contribution in [-0.2, 0) is 4.74 Å². The highest BCUT2D eigenvalue weighted by Gasteiger charge is 2.11. The number of aryl methyl sites for hydroxylation is 1. The first kappa shape index (κ1) is 8.20. The summed E-state index contributed by atoms with van der Waals surface area (Å²) in [5.74, 6) is 1.12. The van der Waals surface area contributed by atoms with E-state index in [9.17, 15) is 0 Å². The van der Waals surface area contributed by atoms with Crippen LogP contribution in [0.5, 0.6) is 0 Å². The lowest BCUT2D eigenvalue weighted by Crippen LogP contribution is -1.99. The van der Waals surface area contributed by atoms with E-state index in [4.69, 9.17) is 9.15 Å². The van der Waals surface area contributed by atoms with Crippen LogP contribution in [-0.4, -0.2) is 16.8 Å². The predicted octanol–water partition coefficient (Wildman–Crippen LogP) is 1.48. The fourth-order valence-electron chi connectivity index (χ4n) is 0.797. The minimum atomic E-state index is -0.0961. The summed E-state index contributed by atoms with van der Waals surface area (Å²) in [6, 6.07) is 0. The van der Waals surface area contributed by atoms with Gasteiger partial charge in [0.2, 0.25) is 11.8 Å². The molecule has 1 atom stereocenters. The molecule has 0 bridgehead atoms. The van der Waals surface area contributed by atoms with Crippen LogP contribution in [0.2, 0.25) is 0 Å². The number of rotatable bonds is 3. The van der Waals surface area contributed by atoms with Crippen LogP contribution in [0.4, 0.5) is 0 Å². The van der Waals surface area contributed by atoms with Crippen LogP contribution in [0.1, 0.15) is 31.7 Å². The Morgan fingerprint density at radius 1 is 1.55 bits per heavy atom. The number of ether oxygens (including phenoxy) is 1. The van der Waals surface area contributed by atoms with Crippen molar-refractivity contribution in [3.63, 3.8) is 0 Å². The maximum absolute atomic E-state index is 5.24. The Morgan fingerprint density at radius 3 is 2.73 bits per heavy atom. The first-order valence-corrected chi connectivity index (χ1v) is 3.65. The van der Waals surface area contributed by atoms with Crippen LogP contribution in [0.3, 0.4) is 0 Å². The fourth-order valence-corrected chi connectivity index (χ4v) is 0.797. The third-order valence-corrected chi connectivity index (χ3v) is 1.31. The van der Waals surface area contributed by atoms with Crippen molar-refractivity contribution in [1.29, 1.82) is 0 Å². The van der Waals surface area contributed by atoms with Crippen molar-refractivity contribution >= 4 is 0 Å². The van der Waals surface area contributed by atoms with E-state index in [2.05, 4.69) is 10.2 Å². The number of hydrogen-bond acceptors (Lipinski definition) is 4. The zero-order valence-electron chi connectivity index (χ0n) is 7.00. The van der Waals surface area contributed by atoms with Gasteiger partial charge in [0.25, 0.3) is 0 Å². The van der Waals surface area contributed by atoms with Gasteiger partial charge in [-0.15, -0.1) is 10.2 Å². The minimum Gasteiger partial charge on any atom is -0.423 e. The highest BCUT2D eigenvalue weighted by molar-refractivity contribution is 4.82. The largest absolute Gasteiger partial charge is 0.423 e. The molecule has 0 aliphatic carbocycles. The standard InChI is InChI=1S/C7H12N2O2/c1-4-10-5(2)7-9-8-6(3)11-7/h5H,4H2,1-3H3. The third-order valence-electron chi connectivity index (χ3n) is 1.31. The zero-order chi connectivity index (χ0) is 8.27. The van der Waals surface area contributed by atoms with E-state index in [-0.39, 0.29) is 6.10 Å². The van der Waals surface area contributed by atoms with Crippen molar-refractivity contribution in [2.45, 2.75) is 26.9 Å². The van der Waals surface area contributed by atoms with Gasteiger partial charge in [0, 0.05) is 13.5 Å².